The van der Waals surface area contributed by atoms with Gasteiger partial charge in [-0.1, -0.05) is 44.0 Å². The van der Waals surface area contributed by atoms with Crippen LogP contribution in [0.15, 0.2) is 42.0 Å². The average molecular weight is 302 g/mol. The zero-order valence-corrected chi connectivity index (χ0v) is 13.4. The lowest BCUT2D eigenvalue weighted by molar-refractivity contribution is -0.152. The van der Waals surface area contributed by atoms with Gasteiger partial charge in [0.25, 0.3) is 0 Å². The highest BCUT2D eigenvalue weighted by atomic mass is 16.5. The van der Waals surface area contributed by atoms with Gasteiger partial charge >= 0.3 is 5.97 Å². The van der Waals surface area contributed by atoms with Crippen LogP contribution in [0.5, 0.6) is 5.75 Å². The monoisotopic (exact) mass is 302 g/mol. The number of hydrogen-bond donors (Lipinski definition) is 1. The van der Waals surface area contributed by atoms with Crippen LogP contribution in [0.2, 0.25) is 0 Å². The number of unbranched alkanes of at least 4 members (excludes halogenated alkanes) is 2. The van der Waals surface area contributed by atoms with Crippen molar-refractivity contribution in [1.82, 2.24) is 0 Å². The molecular weight excluding hydrogens is 276 g/mol. The lowest BCUT2D eigenvalue weighted by Gasteiger charge is -2.34. The van der Waals surface area contributed by atoms with E-state index in [9.17, 15) is 9.90 Å². The number of para-hydroxylation sites is 1. The van der Waals surface area contributed by atoms with Crippen LogP contribution in [0.25, 0.3) is 0 Å². The summed E-state index contributed by atoms with van der Waals surface area (Å²) < 4.78 is 6.08. The molecule has 3 heteroatoms. The van der Waals surface area contributed by atoms with Gasteiger partial charge in [-0.05, 0) is 49.8 Å². The molecule has 1 atom stereocenters. The number of hydrogen-bond acceptors (Lipinski definition) is 2. The number of benzene rings is 1. The molecule has 1 aliphatic carbocycles. The predicted molar refractivity (Wildman–Crippen MR) is 88.1 cm³/mol. The molecule has 0 saturated carbocycles. The summed E-state index contributed by atoms with van der Waals surface area (Å²) in [6.45, 7) is 2.13. The van der Waals surface area contributed by atoms with E-state index in [0.29, 0.717) is 12.2 Å². The Bertz CT molecular complexity index is 507. The van der Waals surface area contributed by atoms with Crippen LogP contribution in [-0.4, -0.2) is 16.7 Å². The lowest BCUT2D eigenvalue weighted by atomic mass is 9.81. The van der Waals surface area contributed by atoms with Crippen LogP contribution < -0.4 is 4.74 Å². The molecule has 0 saturated heterocycles. The SMILES string of the molecule is CCCCCC(Oc1ccccc1)(C(=O)O)C1=CCCCC1. The Morgan fingerprint density at radius 3 is 2.59 bits per heavy atom. The molecule has 22 heavy (non-hydrogen) atoms. The zero-order valence-electron chi connectivity index (χ0n) is 13.4. The van der Waals surface area contributed by atoms with E-state index in [2.05, 4.69) is 13.0 Å². The minimum atomic E-state index is -1.20. The Hall–Kier alpha value is -1.77. The summed E-state index contributed by atoms with van der Waals surface area (Å²) in [5.41, 5.74) is -0.247. The third kappa shape index (κ3) is 3.90. The Kier molecular flexibility index (Phi) is 6.05. The Balaban J connectivity index is 2.31. The van der Waals surface area contributed by atoms with Crippen molar-refractivity contribution in [3.8, 4) is 5.75 Å². The highest BCUT2D eigenvalue weighted by Crippen LogP contribution is 2.36. The molecular formula is C19H26O3. The van der Waals surface area contributed by atoms with Crippen LogP contribution >= 0.6 is 0 Å². The molecule has 3 nitrogen and oxygen atoms in total. The minimum absolute atomic E-state index is 0.539. The molecule has 1 aromatic rings. The number of allylic oxidation sites excluding steroid dienone is 1. The van der Waals surface area contributed by atoms with E-state index >= 15 is 0 Å². The summed E-state index contributed by atoms with van der Waals surface area (Å²) in [7, 11) is 0. The number of carbonyl (C=O) groups is 1. The second-order valence-corrected chi connectivity index (χ2v) is 5.98. The molecule has 1 aliphatic rings. The van der Waals surface area contributed by atoms with Crippen molar-refractivity contribution in [3.63, 3.8) is 0 Å². The van der Waals surface area contributed by atoms with Gasteiger partial charge in [-0.3, -0.25) is 0 Å². The standard InChI is InChI=1S/C19H26O3/c1-2-3-10-15-19(18(20)21,16-11-6-4-7-12-16)22-17-13-8-5-9-14-17/h5,8-9,11,13-14H,2-4,6-7,10,12,15H2,1H3,(H,20,21). The molecule has 0 aliphatic heterocycles. The summed E-state index contributed by atoms with van der Waals surface area (Å²) >= 11 is 0. The Morgan fingerprint density at radius 1 is 1.23 bits per heavy atom. The van der Waals surface area contributed by atoms with Crippen molar-refractivity contribution in [2.45, 2.75) is 63.9 Å². The van der Waals surface area contributed by atoms with E-state index in [1.807, 2.05) is 30.3 Å². The third-order valence-electron chi connectivity index (χ3n) is 4.32. The van der Waals surface area contributed by atoms with Crippen LogP contribution in [0.3, 0.4) is 0 Å². The normalized spacial score (nSPS) is 17.4. The first kappa shape index (κ1) is 16.6. The average Bonchev–Trinajstić information content (AvgIpc) is 2.55. The molecule has 0 radical (unpaired) electrons. The first-order chi connectivity index (χ1) is 10.7. The quantitative estimate of drug-likeness (QED) is 0.545. The van der Waals surface area contributed by atoms with Crippen molar-refractivity contribution >= 4 is 5.97 Å². The van der Waals surface area contributed by atoms with Gasteiger partial charge in [0.15, 0.2) is 0 Å². The maximum atomic E-state index is 12.2. The Labute approximate surface area is 133 Å². The van der Waals surface area contributed by atoms with E-state index in [-0.39, 0.29) is 0 Å². The lowest BCUT2D eigenvalue weighted by Crippen LogP contribution is -2.47. The largest absolute Gasteiger partial charge is 0.478 e. The third-order valence-corrected chi connectivity index (χ3v) is 4.32. The molecule has 0 amide bonds. The molecule has 0 bridgehead atoms. The summed E-state index contributed by atoms with van der Waals surface area (Å²) in [4.78, 5) is 12.2. The second-order valence-electron chi connectivity index (χ2n) is 5.98. The highest BCUT2D eigenvalue weighted by Gasteiger charge is 2.44. The molecule has 1 aromatic carbocycles. The maximum absolute atomic E-state index is 12.2. The van der Waals surface area contributed by atoms with Crippen molar-refractivity contribution in [2.75, 3.05) is 0 Å². The summed E-state index contributed by atoms with van der Waals surface area (Å²) in [5.74, 6) is -0.228. The number of carboxylic acids is 1. The maximum Gasteiger partial charge on any atom is 0.352 e. The van der Waals surface area contributed by atoms with Crippen molar-refractivity contribution < 1.29 is 14.6 Å². The fourth-order valence-corrected chi connectivity index (χ4v) is 3.08. The molecule has 0 heterocycles. The molecule has 1 unspecified atom stereocenters. The van der Waals surface area contributed by atoms with Crippen molar-refractivity contribution in [2.24, 2.45) is 0 Å². The van der Waals surface area contributed by atoms with E-state index in [0.717, 1.165) is 50.5 Å². The number of rotatable bonds is 8. The van der Waals surface area contributed by atoms with Gasteiger partial charge in [-0.15, -0.1) is 0 Å². The van der Waals surface area contributed by atoms with Crippen LogP contribution in [0.4, 0.5) is 0 Å². The van der Waals surface area contributed by atoms with Crippen LogP contribution in [0, 0.1) is 0 Å². The van der Waals surface area contributed by atoms with Gasteiger partial charge in [-0.25, -0.2) is 4.79 Å². The fraction of sp³-hybridized carbons (Fsp3) is 0.526. The summed E-state index contributed by atoms with van der Waals surface area (Å²) in [6.07, 6.45) is 9.56. The first-order valence-electron chi connectivity index (χ1n) is 8.36. The van der Waals surface area contributed by atoms with Gasteiger partial charge < -0.3 is 9.84 Å². The van der Waals surface area contributed by atoms with Gasteiger partial charge in [0, 0.05) is 6.42 Å². The van der Waals surface area contributed by atoms with Crippen LogP contribution in [-0.2, 0) is 4.79 Å². The second kappa shape index (κ2) is 8.02. The topological polar surface area (TPSA) is 46.5 Å². The van der Waals surface area contributed by atoms with E-state index in [4.69, 9.17) is 4.74 Å². The van der Waals surface area contributed by atoms with Crippen LogP contribution in [0.1, 0.15) is 58.3 Å². The zero-order chi connectivity index (χ0) is 15.8. The molecule has 1 N–H and O–H groups in total. The number of carboxylic acid groups (broad SMARTS) is 1. The summed E-state index contributed by atoms with van der Waals surface area (Å²) in [6, 6.07) is 9.33. The number of aliphatic carboxylic acids is 1. The predicted octanol–water partition coefficient (Wildman–Crippen LogP) is 4.97. The number of ether oxygens (including phenoxy) is 1. The minimum Gasteiger partial charge on any atom is -0.478 e. The van der Waals surface area contributed by atoms with Gasteiger partial charge in [0.05, 0.1) is 0 Å². The van der Waals surface area contributed by atoms with E-state index in [1.165, 1.54) is 0 Å². The van der Waals surface area contributed by atoms with Gasteiger partial charge in [-0.2, -0.15) is 0 Å². The van der Waals surface area contributed by atoms with E-state index < -0.39 is 11.6 Å². The smallest absolute Gasteiger partial charge is 0.352 e. The Morgan fingerprint density at radius 2 is 2.00 bits per heavy atom. The molecule has 2 rings (SSSR count). The van der Waals surface area contributed by atoms with E-state index in [1.54, 1.807) is 0 Å². The molecule has 0 fully saturated rings. The van der Waals surface area contributed by atoms with Crippen molar-refractivity contribution in [3.05, 3.63) is 42.0 Å². The summed E-state index contributed by atoms with van der Waals surface area (Å²) in [5, 5.41) is 9.97. The highest BCUT2D eigenvalue weighted by molar-refractivity contribution is 5.82. The fourth-order valence-electron chi connectivity index (χ4n) is 3.08. The molecule has 0 aromatic heterocycles. The molecule has 120 valence electrons. The van der Waals surface area contributed by atoms with Gasteiger partial charge in [0.1, 0.15) is 5.75 Å². The van der Waals surface area contributed by atoms with Crippen molar-refractivity contribution in [1.29, 1.82) is 0 Å². The molecule has 0 spiro atoms. The van der Waals surface area contributed by atoms with Gasteiger partial charge in [0.2, 0.25) is 5.60 Å². The first-order valence-corrected chi connectivity index (χ1v) is 8.36.